The lowest BCUT2D eigenvalue weighted by atomic mass is 9.97. The van der Waals surface area contributed by atoms with E-state index in [1.54, 1.807) is 24.3 Å². The van der Waals surface area contributed by atoms with Gasteiger partial charge in [0.25, 0.3) is 5.78 Å². The van der Waals surface area contributed by atoms with Crippen molar-refractivity contribution in [2.24, 2.45) is 11.7 Å². The molecule has 0 saturated carbocycles. The topological polar surface area (TPSA) is 177 Å². The number of benzene rings is 2. The van der Waals surface area contributed by atoms with E-state index in [9.17, 15) is 45.5 Å². The molecule has 0 bridgehead atoms. The number of carbonyl (C=O) groups is 5. The van der Waals surface area contributed by atoms with Crippen LogP contribution < -0.4 is 26.4 Å². The third-order valence-corrected chi connectivity index (χ3v) is 6.16. The molecule has 3 amide bonds. The first-order valence-electron chi connectivity index (χ1n) is 13.4. The Morgan fingerprint density at radius 2 is 1.28 bits per heavy atom. The third-order valence-electron chi connectivity index (χ3n) is 6.16. The zero-order valence-corrected chi connectivity index (χ0v) is 25.1. The minimum absolute atomic E-state index is 0.0134. The number of hydrogen-bond donors (Lipinski definition) is 5. The lowest BCUT2D eigenvalue weighted by Crippen LogP contribution is -2.54. The van der Waals surface area contributed by atoms with Gasteiger partial charge >= 0.3 is 18.3 Å². The first-order chi connectivity index (χ1) is 21.2. The van der Waals surface area contributed by atoms with Crippen LogP contribution in [0.25, 0.3) is 0 Å². The summed E-state index contributed by atoms with van der Waals surface area (Å²) in [5.41, 5.74) is 7.38. The fourth-order valence-corrected chi connectivity index (χ4v) is 3.65. The van der Waals surface area contributed by atoms with Crippen molar-refractivity contribution in [1.82, 2.24) is 16.0 Å². The van der Waals surface area contributed by atoms with E-state index in [1.165, 1.54) is 52.1 Å². The van der Waals surface area contributed by atoms with Crippen LogP contribution in [0.1, 0.15) is 43.5 Å². The van der Waals surface area contributed by atoms with E-state index in [2.05, 4.69) is 16.0 Å². The van der Waals surface area contributed by atoms with Gasteiger partial charge in [-0.05, 0) is 41.7 Å². The zero-order chi connectivity index (χ0) is 35.4. The number of alkyl halides is 6. The van der Waals surface area contributed by atoms with Gasteiger partial charge in [0.1, 0.15) is 17.8 Å². The second kappa shape index (κ2) is 17.1. The van der Waals surface area contributed by atoms with Gasteiger partial charge in [-0.3, -0.25) is 19.2 Å². The minimum Gasteiger partial charge on any atom is -0.497 e. The fourth-order valence-electron chi connectivity index (χ4n) is 3.65. The first kappa shape index (κ1) is 39.4. The summed E-state index contributed by atoms with van der Waals surface area (Å²) in [6, 6.07) is 8.54. The quantitative estimate of drug-likeness (QED) is 0.215. The molecular formula is C29H34F6N4O7. The van der Waals surface area contributed by atoms with E-state index in [0.29, 0.717) is 17.9 Å². The van der Waals surface area contributed by atoms with Gasteiger partial charge in [-0.25, -0.2) is 4.79 Å². The normalized spacial score (nSPS) is 13.3. The highest BCUT2D eigenvalue weighted by atomic mass is 19.4. The number of Topliss-reactive ketones (excluding diaryl/α,β-unsaturated/α-hetero) is 1. The Kier molecular flexibility index (Phi) is 14.7. The number of halogens is 6. The molecule has 0 aliphatic heterocycles. The average Bonchev–Trinajstić information content (AvgIpc) is 2.97. The second-order valence-corrected chi connectivity index (χ2v) is 10.1. The van der Waals surface area contributed by atoms with E-state index >= 15 is 0 Å². The van der Waals surface area contributed by atoms with E-state index in [0.717, 1.165) is 5.56 Å². The van der Waals surface area contributed by atoms with E-state index < -0.39 is 65.9 Å². The number of amides is 3. The predicted octanol–water partition coefficient (Wildman–Crippen LogP) is 2.96. The lowest BCUT2D eigenvalue weighted by molar-refractivity contribution is -0.192. The van der Waals surface area contributed by atoms with Crippen molar-refractivity contribution in [2.75, 3.05) is 7.11 Å². The maximum absolute atomic E-state index is 13.1. The van der Waals surface area contributed by atoms with Crippen molar-refractivity contribution in [3.05, 3.63) is 65.2 Å². The Morgan fingerprint density at radius 3 is 1.70 bits per heavy atom. The summed E-state index contributed by atoms with van der Waals surface area (Å²) in [6.45, 7) is 4.47. The van der Waals surface area contributed by atoms with Crippen LogP contribution in [0.15, 0.2) is 48.5 Å². The summed E-state index contributed by atoms with van der Waals surface area (Å²) >= 11 is 0. The van der Waals surface area contributed by atoms with Crippen molar-refractivity contribution in [3.63, 3.8) is 0 Å². The standard InChI is InChI=1S/C27H33F3N4O5.C2HF3O2/c1-15(2)22(24(36)27(28,29)30)33-26(38)23(19-9-11-20(39-4)12-10-19)34-25(37)16(3)32-21(35)13-17-5-7-18(14-31)8-6-17;3-2(4,5)1(6)7/h5-12,15-16,22-23H,13-14,31H2,1-4H3,(H,32,35)(H,33,38)(H,34,37);(H,6,7)/t16-,22-,23-;/m0./s1. The van der Waals surface area contributed by atoms with Crippen LogP contribution in [-0.4, -0.2) is 66.1 Å². The highest BCUT2D eigenvalue weighted by Gasteiger charge is 2.45. The monoisotopic (exact) mass is 664 g/mol. The molecule has 11 nitrogen and oxygen atoms in total. The molecule has 46 heavy (non-hydrogen) atoms. The molecule has 0 radical (unpaired) electrons. The number of nitrogens with two attached hydrogens (primary N) is 1. The second-order valence-electron chi connectivity index (χ2n) is 10.1. The average molecular weight is 665 g/mol. The Labute approximate surface area is 259 Å². The molecule has 0 spiro atoms. The van der Waals surface area contributed by atoms with E-state index in [-0.39, 0.29) is 12.0 Å². The molecule has 254 valence electrons. The minimum atomic E-state index is -5.16. The number of carboxylic acid groups (broad SMARTS) is 1. The van der Waals surface area contributed by atoms with Gasteiger partial charge in [0, 0.05) is 6.54 Å². The molecule has 0 heterocycles. The molecule has 2 aromatic rings. The van der Waals surface area contributed by atoms with Crippen LogP contribution in [0.5, 0.6) is 5.75 Å². The number of ether oxygens (including phenoxy) is 1. The highest BCUT2D eigenvalue weighted by molar-refractivity contribution is 5.96. The van der Waals surface area contributed by atoms with Gasteiger partial charge in [-0.2, -0.15) is 26.3 Å². The zero-order valence-electron chi connectivity index (χ0n) is 25.1. The molecule has 17 heteroatoms. The van der Waals surface area contributed by atoms with Gasteiger partial charge in [-0.1, -0.05) is 50.2 Å². The molecule has 0 aliphatic rings. The molecule has 3 atom stereocenters. The van der Waals surface area contributed by atoms with Crippen molar-refractivity contribution >= 4 is 29.5 Å². The number of methoxy groups -OCH3 is 1. The summed E-state index contributed by atoms with van der Waals surface area (Å²) in [4.78, 5) is 59.4. The van der Waals surface area contributed by atoms with Crippen LogP contribution in [0.2, 0.25) is 0 Å². The SMILES string of the molecule is COc1ccc([C@H](NC(=O)[C@H](C)NC(=O)Cc2ccc(CN)cc2)C(=O)N[C@H](C(=O)C(F)(F)F)C(C)C)cc1.O=C(O)C(F)(F)F. The predicted molar refractivity (Wildman–Crippen MR) is 151 cm³/mol. The van der Waals surface area contributed by atoms with Crippen LogP contribution in [0, 0.1) is 5.92 Å². The number of carboxylic acids is 1. The van der Waals surface area contributed by atoms with Gasteiger partial charge in [0.2, 0.25) is 17.7 Å². The van der Waals surface area contributed by atoms with Crippen LogP contribution >= 0.6 is 0 Å². The Hall–Kier alpha value is -4.67. The largest absolute Gasteiger partial charge is 0.497 e. The van der Waals surface area contributed by atoms with Crippen molar-refractivity contribution < 1.29 is 60.2 Å². The summed E-state index contributed by atoms with van der Waals surface area (Å²) < 4.78 is 76.2. The first-order valence-corrected chi connectivity index (χ1v) is 13.4. The summed E-state index contributed by atoms with van der Waals surface area (Å²) in [5, 5.41) is 14.3. The van der Waals surface area contributed by atoms with E-state index in [4.69, 9.17) is 20.4 Å². The van der Waals surface area contributed by atoms with Gasteiger partial charge in [-0.15, -0.1) is 0 Å². The van der Waals surface area contributed by atoms with Crippen LogP contribution in [0.4, 0.5) is 26.3 Å². The number of nitrogens with one attached hydrogen (secondary N) is 3. The summed E-state index contributed by atoms with van der Waals surface area (Å²) in [6.07, 6.45) is -10.3. The molecule has 0 aromatic heterocycles. The molecule has 0 aliphatic carbocycles. The number of rotatable bonds is 12. The molecular weight excluding hydrogens is 630 g/mol. The molecule has 2 rings (SSSR count). The van der Waals surface area contributed by atoms with Crippen molar-refractivity contribution in [3.8, 4) is 5.75 Å². The van der Waals surface area contributed by atoms with Gasteiger partial charge in [0.15, 0.2) is 0 Å². The lowest BCUT2D eigenvalue weighted by Gasteiger charge is -2.26. The molecule has 0 unspecified atom stereocenters. The maximum atomic E-state index is 13.1. The smallest absolute Gasteiger partial charge is 0.490 e. The van der Waals surface area contributed by atoms with Crippen LogP contribution in [0.3, 0.4) is 0 Å². The number of ketones is 1. The molecule has 2 aromatic carbocycles. The van der Waals surface area contributed by atoms with Crippen molar-refractivity contribution in [2.45, 2.75) is 64.2 Å². The molecule has 0 saturated heterocycles. The maximum Gasteiger partial charge on any atom is 0.490 e. The number of aliphatic carboxylic acids is 1. The fraction of sp³-hybridized carbons (Fsp3) is 0.414. The Morgan fingerprint density at radius 1 is 0.783 bits per heavy atom. The highest BCUT2D eigenvalue weighted by Crippen LogP contribution is 2.23. The van der Waals surface area contributed by atoms with Crippen LogP contribution in [-0.2, 0) is 36.9 Å². The number of carbonyl (C=O) groups excluding carboxylic acids is 4. The number of hydrogen-bond acceptors (Lipinski definition) is 7. The van der Waals surface area contributed by atoms with Gasteiger partial charge < -0.3 is 31.5 Å². The van der Waals surface area contributed by atoms with Crippen molar-refractivity contribution in [1.29, 1.82) is 0 Å². The van der Waals surface area contributed by atoms with Gasteiger partial charge in [0.05, 0.1) is 19.6 Å². The molecule has 6 N–H and O–H groups in total. The molecule has 0 fully saturated rings. The summed E-state index contributed by atoms with van der Waals surface area (Å²) in [7, 11) is 1.42. The summed E-state index contributed by atoms with van der Waals surface area (Å²) in [5.74, 6) is -7.55. The van der Waals surface area contributed by atoms with E-state index in [1.807, 2.05) is 0 Å². The third kappa shape index (κ3) is 12.7. The Bertz CT molecular complexity index is 1350. The Balaban J connectivity index is 0.00000135.